The van der Waals surface area contributed by atoms with Crippen LogP contribution in [0.3, 0.4) is 0 Å². The molecule has 0 aromatic rings. The van der Waals surface area contributed by atoms with Crippen LogP contribution in [0.4, 0.5) is 184 Å². The van der Waals surface area contributed by atoms with E-state index in [0.717, 1.165) is 0 Å². The summed E-state index contributed by atoms with van der Waals surface area (Å²) in [6.45, 7) is -28.1. The summed E-state index contributed by atoms with van der Waals surface area (Å²) in [5, 5.41) is 0. The minimum Gasteiger partial charge on any atom is -0.321 e. The van der Waals surface area contributed by atoms with E-state index in [1.807, 2.05) is 0 Å². The Labute approximate surface area is 399 Å². The van der Waals surface area contributed by atoms with Gasteiger partial charge < -0.3 is 18.1 Å². The molecule has 0 aromatic heterocycles. The zero-order chi connectivity index (χ0) is 63.0. The summed E-state index contributed by atoms with van der Waals surface area (Å²) in [6, 6.07) is 0. The van der Waals surface area contributed by atoms with Gasteiger partial charge in [0.05, 0.1) is 0 Å². The minimum atomic E-state index is -8.82. The predicted octanol–water partition coefficient (Wildman–Crippen LogP) is 15.9. The highest BCUT2D eigenvalue weighted by Gasteiger charge is 2.79. The van der Waals surface area contributed by atoms with Crippen molar-refractivity contribution in [2.75, 3.05) is 39.6 Å². The van der Waals surface area contributed by atoms with Gasteiger partial charge in [-0.15, -0.1) is 0 Å². The molecule has 0 bridgehead atoms. The van der Waals surface area contributed by atoms with Crippen molar-refractivity contribution in [2.24, 2.45) is 4.52 Å². The van der Waals surface area contributed by atoms with Crippen molar-refractivity contribution < 1.29 is 212 Å². The summed E-state index contributed by atoms with van der Waals surface area (Å²) in [4.78, 5) is 6.34. The number of nitrogens with zero attached hydrogens (tertiary/aromatic N) is 3. The van der Waals surface area contributed by atoms with Crippen LogP contribution in [0.25, 0.3) is 0 Å². The Morgan fingerprint density at radius 2 is 0.500 bits per heavy atom. The average molecular weight is 1330 g/mol. The van der Waals surface area contributed by atoms with Crippen molar-refractivity contribution in [3.8, 4) is 0 Å². The van der Waals surface area contributed by atoms with E-state index >= 15 is 0 Å². The lowest BCUT2D eigenvalue weighted by molar-refractivity contribution is -0.369. The van der Waals surface area contributed by atoms with Gasteiger partial charge in [-0.05, 0) is 4.60 Å². The molecule has 1 aliphatic heterocycles. The van der Waals surface area contributed by atoms with E-state index in [-0.39, 0.29) is 0 Å². The van der Waals surface area contributed by atoms with Crippen LogP contribution in [-0.2, 0) is 27.8 Å². The average Bonchev–Trinajstić information content (AvgIpc) is 3.19. The molecular weight excluding hydrogens is 1320 g/mol. The second kappa shape index (κ2) is 21.8. The van der Waals surface area contributed by atoms with Gasteiger partial charge in [-0.3, -0.25) is 9.68 Å². The van der Waals surface area contributed by atoms with Crippen LogP contribution in [0.1, 0.15) is 0 Å². The summed E-state index contributed by atoms with van der Waals surface area (Å²) in [5.41, 5.74) is 0. The lowest BCUT2D eigenvalue weighted by Crippen LogP contribution is -2.56. The van der Waals surface area contributed by atoms with Gasteiger partial charge in [0.2, 0.25) is 0 Å². The van der Waals surface area contributed by atoms with Crippen LogP contribution in [0, 0.1) is 0 Å². The summed E-state index contributed by atoms with van der Waals surface area (Å²) in [7, 11) is -22.3. The summed E-state index contributed by atoms with van der Waals surface area (Å²) < 4.78 is 584. The third-order valence-electron chi connectivity index (χ3n) is 8.01. The molecule has 0 aromatic carbocycles. The maximum atomic E-state index is 14.7. The Morgan fingerprint density at radius 3 is 0.756 bits per heavy atom. The molecule has 0 fully saturated rings. The molecule has 54 heteroatoms. The van der Waals surface area contributed by atoms with Gasteiger partial charge in [0.25, 0.3) is 16.9 Å². The maximum Gasteiger partial charge on any atom is 0.459 e. The Morgan fingerprint density at radius 1 is 0.282 bits per heavy atom. The molecule has 0 saturated heterocycles. The van der Waals surface area contributed by atoms with E-state index in [0.29, 0.717) is 0 Å². The van der Waals surface area contributed by atoms with Crippen molar-refractivity contribution in [2.45, 2.75) is 108 Å². The predicted molar refractivity (Wildman–Crippen MR) is 158 cm³/mol. The molecule has 1 aliphatic rings. The standard InChI is InChI=1S/C24H12F42N3O6P3/c25-7(26,13(37,38)19(49,50)51)1-70-68-76(72-3-9(29,30)15(41,42)21(55,56)57)67-78(74-5-11(33,34)17(45,46)23(61,62)63,75-6-12(35,36)18(47,48)24(64,65)66)69(71-2-8(27,28)14(39,40)20(52,53)54)77(68)73-4-10(31,32)16(43,44)22(58,59)60/h1-6H2. The van der Waals surface area contributed by atoms with Gasteiger partial charge in [0, 0.05) is 0 Å². The fourth-order valence-corrected chi connectivity index (χ4v) is 11.5. The SMILES string of the molecule is FC(F)(F)C(F)(F)C(F)(F)CON1P(OCC(F)(F)C(F)(F)C(F)(F)F)N=P(OCC(F)(F)C(F)(F)C(F)(F)F)(OCC(F)(F)C(F)(F)C(F)(F)F)N(OCC(F)(F)C(F)(F)C(F)(F)F)P1OCC(F)(F)C(F)(F)C(F)(F)F. The molecular formula is C24H12F42N3O6P3. The van der Waals surface area contributed by atoms with Crippen LogP contribution in [0.15, 0.2) is 4.52 Å². The highest BCUT2D eigenvalue weighted by atomic mass is 31.3. The van der Waals surface area contributed by atoms with Gasteiger partial charge in [-0.25, -0.2) is 0 Å². The molecule has 0 saturated carbocycles. The van der Waals surface area contributed by atoms with E-state index < -0.39 is 182 Å². The molecule has 0 radical (unpaired) electrons. The second-order valence-electron chi connectivity index (χ2n) is 13.9. The van der Waals surface area contributed by atoms with Crippen LogP contribution in [0.5, 0.6) is 0 Å². The molecule has 0 spiro atoms. The van der Waals surface area contributed by atoms with Crippen LogP contribution < -0.4 is 0 Å². The first-order valence-electron chi connectivity index (χ1n) is 17.1. The fraction of sp³-hybridized carbons (Fsp3) is 1.00. The molecule has 78 heavy (non-hydrogen) atoms. The number of hydrogen-bond donors (Lipinski definition) is 0. The van der Waals surface area contributed by atoms with Gasteiger partial charge in [0.15, 0.2) is 0 Å². The summed E-state index contributed by atoms with van der Waals surface area (Å²) in [6.07, 6.45) is -47.6. The lowest BCUT2D eigenvalue weighted by Gasteiger charge is -2.47. The van der Waals surface area contributed by atoms with E-state index in [1.165, 1.54) is 0 Å². The largest absolute Gasteiger partial charge is 0.459 e. The highest BCUT2D eigenvalue weighted by Crippen LogP contribution is 2.81. The Hall–Kier alpha value is -2.17. The molecule has 0 N–H and O–H groups in total. The van der Waals surface area contributed by atoms with E-state index in [9.17, 15) is 184 Å². The Balaban J connectivity index is 5.15. The molecule has 1 rings (SSSR count). The number of halogens is 42. The van der Waals surface area contributed by atoms with Crippen molar-refractivity contribution in [3.05, 3.63) is 0 Å². The topological polar surface area (TPSA) is 74.2 Å². The van der Waals surface area contributed by atoms with Gasteiger partial charge >= 0.3 is 116 Å². The number of hydrogen-bond acceptors (Lipinski definition) is 9. The summed E-state index contributed by atoms with van der Waals surface area (Å²) in [5.74, 6) is -94.1. The molecule has 468 valence electrons. The molecule has 0 amide bonds. The van der Waals surface area contributed by atoms with Crippen molar-refractivity contribution in [1.29, 1.82) is 0 Å². The van der Waals surface area contributed by atoms with Crippen molar-refractivity contribution in [1.82, 2.24) is 9.21 Å². The van der Waals surface area contributed by atoms with Crippen LogP contribution in [-0.4, -0.2) is 157 Å². The third-order valence-corrected chi connectivity index (χ3v) is 15.0. The molecule has 2 atom stereocenters. The second-order valence-corrected chi connectivity index (χ2v) is 19.7. The van der Waals surface area contributed by atoms with Gasteiger partial charge in [-0.1, -0.05) is 4.60 Å². The summed E-state index contributed by atoms with van der Waals surface area (Å²) >= 11 is 0. The van der Waals surface area contributed by atoms with Gasteiger partial charge in [-0.2, -0.15) is 189 Å². The molecule has 0 aliphatic carbocycles. The lowest BCUT2D eigenvalue weighted by atomic mass is 10.2. The zero-order valence-electron chi connectivity index (χ0n) is 34.2. The third kappa shape index (κ3) is 14.1. The first-order chi connectivity index (χ1) is 33.5. The Kier molecular flexibility index (Phi) is 20.6. The first kappa shape index (κ1) is 73.8. The van der Waals surface area contributed by atoms with Crippen molar-refractivity contribution in [3.63, 3.8) is 0 Å². The molecule has 2 unspecified atom stereocenters. The van der Waals surface area contributed by atoms with Crippen LogP contribution in [0.2, 0.25) is 0 Å². The Bertz CT molecular complexity index is 2030. The smallest absolute Gasteiger partial charge is 0.321 e. The first-order valence-corrected chi connectivity index (χ1v) is 20.9. The zero-order valence-corrected chi connectivity index (χ0v) is 36.9. The minimum absolute atomic E-state index is 1.67. The number of rotatable bonds is 24. The quantitative estimate of drug-likeness (QED) is 0.0699. The molecule has 1 heterocycles. The van der Waals surface area contributed by atoms with Crippen molar-refractivity contribution >= 4 is 24.6 Å². The monoisotopic (exact) mass is 1330 g/mol. The van der Waals surface area contributed by atoms with Gasteiger partial charge in [0.1, 0.15) is 39.6 Å². The fourth-order valence-electron chi connectivity index (χ4n) is 3.65. The van der Waals surface area contributed by atoms with Crippen LogP contribution >= 0.6 is 24.6 Å². The van der Waals surface area contributed by atoms with E-state index in [4.69, 9.17) is 0 Å². The normalized spacial score (nSPS) is 20.1. The van der Waals surface area contributed by atoms with E-state index in [2.05, 4.69) is 27.8 Å². The maximum absolute atomic E-state index is 14.7. The number of alkyl halides is 42. The molecule has 9 nitrogen and oxygen atoms in total. The van der Waals surface area contributed by atoms with E-state index in [1.54, 1.807) is 4.52 Å². The highest BCUT2D eigenvalue weighted by molar-refractivity contribution is 7.78.